The summed E-state index contributed by atoms with van der Waals surface area (Å²) in [6, 6.07) is 30.4. The zero-order chi connectivity index (χ0) is 27.6. The minimum Gasteiger partial charge on any atom is -0.418 e. The van der Waals surface area contributed by atoms with Crippen molar-refractivity contribution in [3.8, 4) is 0 Å². The molecule has 4 rings (SSSR count). The molecule has 0 heterocycles. The Labute approximate surface area is 244 Å². The largest absolute Gasteiger partial charge is 0.673 e. The van der Waals surface area contributed by atoms with Crippen LogP contribution in [0.3, 0.4) is 0 Å². The van der Waals surface area contributed by atoms with Crippen LogP contribution in [0.15, 0.2) is 109 Å². The summed E-state index contributed by atoms with van der Waals surface area (Å²) in [4.78, 5) is 2.29. The van der Waals surface area contributed by atoms with Gasteiger partial charge < -0.3 is 26.9 Å². The van der Waals surface area contributed by atoms with E-state index in [1.807, 2.05) is 0 Å². The first-order valence-electron chi connectivity index (χ1n) is 12.7. The maximum absolute atomic E-state index is 9.75. The standard InChI is InChI=1S/C22H24NOP.C8H12.BF4.Rh/c1-23(17-18-24-2)21-15-9-10-16-22(21)25(19-11-5-3-6-12-19)20-13-7-4-8-14-20;1-2-4-6-8-7-5-3-1;2-1(3,4)5;/h3-16H,17-18H2,1-2H3;1-2,7-8H,3-6H2;;/q;;-1;/b;2-1-,8-7-;;. The van der Waals surface area contributed by atoms with Gasteiger partial charge in [-0.2, -0.15) is 0 Å². The molecule has 0 bridgehead atoms. The van der Waals surface area contributed by atoms with Crippen LogP contribution in [-0.4, -0.2) is 34.6 Å². The van der Waals surface area contributed by atoms with Gasteiger partial charge in [-0.15, -0.1) is 0 Å². The summed E-state index contributed by atoms with van der Waals surface area (Å²) in [5, 5.41) is 4.13. The van der Waals surface area contributed by atoms with E-state index in [0.29, 0.717) is 0 Å². The number of halogens is 4. The van der Waals surface area contributed by atoms with Gasteiger partial charge in [-0.05, 0) is 50.3 Å². The van der Waals surface area contributed by atoms with E-state index in [1.54, 1.807) is 7.11 Å². The van der Waals surface area contributed by atoms with Crippen LogP contribution in [0.5, 0.6) is 0 Å². The van der Waals surface area contributed by atoms with E-state index < -0.39 is 15.2 Å². The fourth-order valence-electron chi connectivity index (χ4n) is 3.76. The Balaban J connectivity index is 0.000000449. The van der Waals surface area contributed by atoms with Crippen molar-refractivity contribution in [1.29, 1.82) is 0 Å². The van der Waals surface area contributed by atoms with Gasteiger partial charge in [0, 0.05) is 51.2 Å². The molecule has 0 fully saturated rings. The molecule has 1 aliphatic rings. The summed E-state index contributed by atoms with van der Waals surface area (Å²) in [5.74, 6) is 0. The molecule has 0 unspecified atom stereocenters. The molecule has 1 radical (unpaired) electrons. The Morgan fingerprint density at radius 2 is 1.08 bits per heavy atom. The first-order chi connectivity index (χ1) is 18.3. The summed E-state index contributed by atoms with van der Waals surface area (Å²) in [7, 11) is -2.71. The minimum atomic E-state index is -6.00. The Bertz CT molecular complexity index is 1030. The van der Waals surface area contributed by atoms with Gasteiger partial charge in [-0.25, -0.2) is 0 Å². The number of methoxy groups -OCH3 is 1. The van der Waals surface area contributed by atoms with Crippen LogP contribution in [-0.2, 0) is 24.2 Å². The Morgan fingerprint density at radius 3 is 1.49 bits per heavy atom. The average molecular weight is 647 g/mol. The van der Waals surface area contributed by atoms with Crippen molar-refractivity contribution in [3.05, 3.63) is 109 Å². The van der Waals surface area contributed by atoms with Gasteiger partial charge in [-0.3, -0.25) is 0 Å². The summed E-state index contributed by atoms with van der Waals surface area (Å²) >= 11 is 0. The third kappa shape index (κ3) is 14.6. The number of benzene rings is 3. The van der Waals surface area contributed by atoms with E-state index in [0.717, 1.165) is 13.2 Å². The molecule has 0 aromatic heterocycles. The molecule has 0 saturated heterocycles. The van der Waals surface area contributed by atoms with E-state index in [4.69, 9.17) is 4.74 Å². The van der Waals surface area contributed by atoms with Crippen LogP contribution < -0.4 is 20.8 Å². The van der Waals surface area contributed by atoms with E-state index in [-0.39, 0.29) is 19.5 Å². The second-order valence-corrected chi connectivity index (χ2v) is 10.7. The first-order valence-corrected chi connectivity index (χ1v) is 14.0. The number of rotatable bonds is 7. The van der Waals surface area contributed by atoms with Gasteiger partial charge in [0.25, 0.3) is 0 Å². The third-order valence-electron chi connectivity index (χ3n) is 5.53. The van der Waals surface area contributed by atoms with Gasteiger partial charge in [0.15, 0.2) is 0 Å². The fraction of sp³-hybridized carbons (Fsp3) is 0.267. The molecular weight excluding hydrogens is 611 g/mol. The molecule has 213 valence electrons. The molecular formula is C30H36BF4NOPRh-. The van der Waals surface area contributed by atoms with Crippen LogP contribution in [0.1, 0.15) is 25.7 Å². The van der Waals surface area contributed by atoms with Crippen LogP contribution in [0.25, 0.3) is 0 Å². The predicted octanol–water partition coefficient (Wildman–Crippen LogP) is 7.50. The van der Waals surface area contributed by atoms with Gasteiger partial charge in [-0.1, -0.05) is 103 Å². The number of ether oxygens (including phenoxy) is 1. The number of allylic oxidation sites excluding steroid dienone is 4. The number of anilines is 1. The molecule has 3 aromatic rings. The van der Waals surface area contributed by atoms with Crippen molar-refractivity contribution < 1.29 is 41.5 Å². The number of hydrogen-bond acceptors (Lipinski definition) is 2. The van der Waals surface area contributed by atoms with E-state index in [9.17, 15) is 17.3 Å². The number of nitrogens with zero attached hydrogens (tertiary/aromatic N) is 1. The zero-order valence-corrected chi connectivity index (χ0v) is 24.9. The van der Waals surface area contributed by atoms with Gasteiger partial charge in [0.1, 0.15) is 0 Å². The summed E-state index contributed by atoms with van der Waals surface area (Å²) < 4.78 is 44.3. The molecule has 1 aliphatic carbocycles. The van der Waals surface area contributed by atoms with Crippen LogP contribution >= 0.6 is 7.92 Å². The van der Waals surface area contributed by atoms with Crippen molar-refractivity contribution in [2.45, 2.75) is 25.7 Å². The normalized spacial score (nSPS) is 14.2. The van der Waals surface area contributed by atoms with Crippen LogP contribution in [0.2, 0.25) is 0 Å². The van der Waals surface area contributed by atoms with Crippen molar-refractivity contribution in [2.75, 3.05) is 32.2 Å². The fourth-order valence-corrected chi connectivity index (χ4v) is 6.27. The van der Waals surface area contributed by atoms with E-state index in [1.165, 1.54) is 47.3 Å². The average Bonchev–Trinajstić information content (AvgIpc) is 2.88. The molecule has 0 saturated carbocycles. The van der Waals surface area contributed by atoms with Gasteiger partial charge in [0.05, 0.1) is 6.61 Å². The molecule has 3 aromatic carbocycles. The van der Waals surface area contributed by atoms with Crippen molar-refractivity contribution in [3.63, 3.8) is 0 Å². The molecule has 0 atom stereocenters. The van der Waals surface area contributed by atoms with Crippen LogP contribution in [0.4, 0.5) is 23.0 Å². The monoisotopic (exact) mass is 647 g/mol. The van der Waals surface area contributed by atoms with Crippen molar-refractivity contribution >= 4 is 36.8 Å². The minimum absolute atomic E-state index is 0. The van der Waals surface area contributed by atoms with Gasteiger partial charge >= 0.3 is 7.25 Å². The van der Waals surface area contributed by atoms with Crippen molar-refractivity contribution in [2.24, 2.45) is 0 Å². The molecule has 9 heteroatoms. The quantitative estimate of drug-likeness (QED) is 0.114. The number of para-hydroxylation sites is 1. The first kappa shape index (κ1) is 34.8. The maximum Gasteiger partial charge on any atom is 0.673 e. The second-order valence-electron chi connectivity index (χ2n) is 8.50. The zero-order valence-electron chi connectivity index (χ0n) is 22.4. The molecule has 0 N–H and O–H groups in total. The smallest absolute Gasteiger partial charge is 0.418 e. The third-order valence-corrected chi connectivity index (χ3v) is 8.02. The molecule has 0 aliphatic heterocycles. The summed E-state index contributed by atoms with van der Waals surface area (Å²) in [6.07, 6.45) is 14.0. The van der Waals surface area contributed by atoms with E-state index >= 15 is 0 Å². The summed E-state index contributed by atoms with van der Waals surface area (Å²) in [6.45, 7) is 1.60. The SMILES string of the molecule is C1=C\CC/C=C\CC/1.COCCN(C)c1ccccc1P(c1ccccc1)c1ccccc1.F[B-](F)(F)F.[Rh]. The Morgan fingerprint density at radius 1 is 0.692 bits per heavy atom. The number of likely N-dealkylation sites (N-methyl/N-ethyl adjacent to an activating group) is 1. The van der Waals surface area contributed by atoms with Crippen LogP contribution in [0, 0.1) is 0 Å². The topological polar surface area (TPSA) is 12.5 Å². The maximum atomic E-state index is 9.75. The predicted molar refractivity (Wildman–Crippen MR) is 157 cm³/mol. The summed E-state index contributed by atoms with van der Waals surface area (Å²) in [5.41, 5.74) is 1.28. The number of hydrogen-bond donors (Lipinski definition) is 0. The Kier molecular flexibility index (Phi) is 17.6. The molecule has 0 amide bonds. The molecule has 2 nitrogen and oxygen atoms in total. The van der Waals surface area contributed by atoms with Gasteiger partial charge in [0.2, 0.25) is 0 Å². The van der Waals surface area contributed by atoms with E-state index in [2.05, 4.69) is 121 Å². The molecule has 0 spiro atoms. The second kappa shape index (κ2) is 19.7. The van der Waals surface area contributed by atoms with Crippen molar-refractivity contribution in [1.82, 2.24) is 0 Å². The molecule has 39 heavy (non-hydrogen) atoms. The Hall–Kier alpha value is -2.26.